The number of hydrogen-bond acceptors (Lipinski definition) is 4. The van der Waals surface area contributed by atoms with Gasteiger partial charge in [-0.1, -0.05) is 11.6 Å². The standard InChI is InChI=1S/C17H16ClFN4O2/c18-14-10-13(1-2-15(14)19)21-17(25)12-3-4-20-16(9-12)23-7-5-22(11-24)6-8-23/h1-4,9-11H,5-8H2,(H,21,25). The van der Waals surface area contributed by atoms with Crippen LogP contribution in [-0.2, 0) is 4.79 Å². The Bertz CT molecular complexity index is 794. The van der Waals surface area contributed by atoms with Gasteiger partial charge in [-0.25, -0.2) is 9.37 Å². The van der Waals surface area contributed by atoms with Crippen LogP contribution in [0.4, 0.5) is 15.9 Å². The van der Waals surface area contributed by atoms with E-state index in [0.29, 0.717) is 43.2 Å². The third kappa shape index (κ3) is 4.06. The maximum atomic E-state index is 13.2. The van der Waals surface area contributed by atoms with Crippen molar-refractivity contribution < 1.29 is 14.0 Å². The summed E-state index contributed by atoms with van der Waals surface area (Å²) in [5, 5.41) is 2.63. The molecule has 0 bridgehead atoms. The van der Waals surface area contributed by atoms with Crippen LogP contribution >= 0.6 is 11.6 Å². The minimum absolute atomic E-state index is 0.0544. The Morgan fingerprint density at radius 3 is 2.64 bits per heavy atom. The Balaban J connectivity index is 1.71. The quantitative estimate of drug-likeness (QED) is 0.848. The highest BCUT2D eigenvalue weighted by Gasteiger charge is 2.18. The second-order valence-electron chi connectivity index (χ2n) is 5.61. The fraction of sp³-hybridized carbons (Fsp3) is 0.235. The summed E-state index contributed by atoms with van der Waals surface area (Å²) < 4.78 is 13.2. The minimum Gasteiger partial charge on any atom is -0.353 e. The maximum Gasteiger partial charge on any atom is 0.255 e. The molecule has 1 fully saturated rings. The molecular weight excluding hydrogens is 347 g/mol. The Morgan fingerprint density at radius 2 is 1.96 bits per heavy atom. The Kier molecular flexibility index (Phi) is 5.14. The van der Waals surface area contributed by atoms with Gasteiger partial charge in [-0.3, -0.25) is 9.59 Å². The van der Waals surface area contributed by atoms with Gasteiger partial charge in [0.1, 0.15) is 11.6 Å². The summed E-state index contributed by atoms with van der Waals surface area (Å²) in [5.41, 5.74) is 0.845. The number of benzene rings is 1. The zero-order valence-corrected chi connectivity index (χ0v) is 14.0. The number of nitrogens with one attached hydrogen (secondary N) is 1. The lowest BCUT2D eigenvalue weighted by molar-refractivity contribution is -0.118. The van der Waals surface area contributed by atoms with Crippen LogP contribution in [0.15, 0.2) is 36.5 Å². The largest absolute Gasteiger partial charge is 0.353 e. The third-order valence-corrected chi connectivity index (χ3v) is 4.26. The first-order chi connectivity index (χ1) is 12.1. The van der Waals surface area contributed by atoms with Crippen LogP contribution in [0.3, 0.4) is 0 Å². The van der Waals surface area contributed by atoms with E-state index in [9.17, 15) is 14.0 Å². The SMILES string of the molecule is O=CN1CCN(c2cc(C(=O)Nc3ccc(F)c(Cl)c3)ccn2)CC1. The molecular formula is C17H16ClFN4O2. The molecule has 3 rings (SSSR count). The number of piperazine rings is 1. The number of anilines is 2. The summed E-state index contributed by atoms with van der Waals surface area (Å²) in [7, 11) is 0. The topological polar surface area (TPSA) is 65.5 Å². The fourth-order valence-electron chi connectivity index (χ4n) is 2.57. The zero-order valence-electron chi connectivity index (χ0n) is 13.3. The molecule has 1 N–H and O–H groups in total. The number of aromatic nitrogens is 1. The molecule has 0 spiro atoms. The number of carbonyl (C=O) groups excluding carboxylic acids is 2. The molecule has 1 aromatic heterocycles. The molecule has 0 unspecified atom stereocenters. The molecule has 130 valence electrons. The highest BCUT2D eigenvalue weighted by Crippen LogP contribution is 2.21. The Hall–Kier alpha value is -2.67. The van der Waals surface area contributed by atoms with E-state index in [1.165, 1.54) is 18.2 Å². The molecule has 2 heterocycles. The summed E-state index contributed by atoms with van der Waals surface area (Å²) >= 11 is 5.72. The predicted molar refractivity (Wildman–Crippen MR) is 93.5 cm³/mol. The van der Waals surface area contributed by atoms with Crippen molar-refractivity contribution in [3.05, 3.63) is 52.9 Å². The van der Waals surface area contributed by atoms with Crippen molar-refractivity contribution in [2.75, 3.05) is 36.4 Å². The van der Waals surface area contributed by atoms with E-state index < -0.39 is 5.82 Å². The molecule has 0 aliphatic carbocycles. The summed E-state index contributed by atoms with van der Waals surface area (Å²) in [6, 6.07) is 7.29. The van der Waals surface area contributed by atoms with Gasteiger partial charge in [0.15, 0.2) is 0 Å². The summed E-state index contributed by atoms with van der Waals surface area (Å²) in [4.78, 5) is 31.2. The molecule has 2 aromatic rings. The number of hydrogen-bond donors (Lipinski definition) is 1. The number of pyridine rings is 1. The molecule has 6 nitrogen and oxygen atoms in total. The van der Waals surface area contributed by atoms with E-state index >= 15 is 0 Å². The molecule has 0 saturated carbocycles. The number of amides is 2. The van der Waals surface area contributed by atoms with Crippen LogP contribution in [0.25, 0.3) is 0 Å². The van der Waals surface area contributed by atoms with Gasteiger partial charge in [0.05, 0.1) is 5.02 Å². The van der Waals surface area contributed by atoms with Crippen molar-refractivity contribution in [2.24, 2.45) is 0 Å². The first-order valence-electron chi connectivity index (χ1n) is 7.73. The average Bonchev–Trinajstić information content (AvgIpc) is 2.65. The second kappa shape index (κ2) is 7.48. The first kappa shape index (κ1) is 17.2. The van der Waals surface area contributed by atoms with Crippen LogP contribution in [0, 0.1) is 5.82 Å². The summed E-state index contributed by atoms with van der Waals surface area (Å²) in [5.74, 6) is -0.200. The monoisotopic (exact) mass is 362 g/mol. The highest BCUT2D eigenvalue weighted by molar-refractivity contribution is 6.31. The number of halogens is 2. The second-order valence-corrected chi connectivity index (χ2v) is 6.02. The van der Waals surface area contributed by atoms with Gasteiger partial charge in [0, 0.05) is 43.6 Å². The van der Waals surface area contributed by atoms with Crippen molar-refractivity contribution in [3.63, 3.8) is 0 Å². The van der Waals surface area contributed by atoms with Crippen molar-refractivity contribution >= 4 is 35.4 Å². The molecule has 0 atom stereocenters. The average molecular weight is 363 g/mol. The minimum atomic E-state index is -0.541. The van der Waals surface area contributed by atoms with Crippen molar-refractivity contribution in [1.29, 1.82) is 0 Å². The maximum absolute atomic E-state index is 13.2. The van der Waals surface area contributed by atoms with Gasteiger partial charge < -0.3 is 15.1 Å². The Morgan fingerprint density at radius 1 is 1.20 bits per heavy atom. The Labute approximate surface area is 149 Å². The number of rotatable bonds is 4. The van der Waals surface area contributed by atoms with Gasteiger partial charge in [0.25, 0.3) is 5.91 Å². The molecule has 8 heteroatoms. The van der Waals surface area contributed by atoms with Crippen LogP contribution in [0.5, 0.6) is 0 Å². The van der Waals surface area contributed by atoms with Crippen molar-refractivity contribution in [1.82, 2.24) is 9.88 Å². The van der Waals surface area contributed by atoms with Crippen molar-refractivity contribution in [2.45, 2.75) is 0 Å². The molecule has 0 radical (unpaired) electrons. The molecule has 25 heavy (non-hydrogen) atoms. The normalized spacial score (nSPS) is 14.3. The smallest absolute Gasteiger partial charge is 0.255 e. The first-order valence-corrected chi connectivity index (χ1v) is 8.11. The van der Waals surface area contributed by atoms with Crippen LogP contribution in [-0.4, -0.2) is 48.4 Å². The van der Waals surface area contributed by atoms with Crippen molar-refractivity contribution in [3.8, 4) is 0 Å². The van der Waals surface area contributed by atoms with Crippen LogP contribution in [0.2, 0.25) is 5.02 Å². The van der Waals surface area contributed by atoms with E-state index in [1.54, 1.807) is 23.2 Å². The van der Waals surface area contributed by atoms with Gasteiger partial charge in [-0.05, 0) is 30.3 Å². The van der Waals surface area contributed by atoms with E-state index in [1.807, 2.05) is 4.90 Å². The lowest BCUT2D eigenvalue weighted by atomic mass is 10.2. The van der Waals surface area contributed by atoms with Gasteiger partial charge in [0.2, 0.25) is 6.41 Å². The third-order valence-electron chi connectivity index (χ3n) is 3.97. The van der Waals surface area contributed by atoms with Crippen LogP contribution in [0.1, 0.15) is 10.4 Å². The number of carbonyl (C=O) groups is 2. The summed E-state index contributed by atoms with van der Waals surface area (Å²) in [6.07, 6.45) is 2.40. The highest BCUT2D eigenvalue weighted by atomic mass is 35.5. The summed E-state index contributed by atoms with van der Waals surface area (Å²) in [6.45, 7) is 2.56. The molecule has 1 saturated heterocycles. The zero-order chi connectivity index (χ0) is 17.8. The number of nitrogens with zero attached hydrogens (tertiary/aromatic N) is 3. The van der Waals surface area contributed by atoms with E-state index in [-0.39, 0.29) is 10.9 Å². The van der Waals surface area contributed by atoms with Gasteiger partial charge >= 0.3 is 0 Å². The van der Waals surface area contributed by atoms with E-state index in [0.717, 1.165) is 6.41 Å². The van der Waals surface area contributed by atoms with Gasteiger partial charge in [-0.2, -0.15) is 0 Å². The molecule has 1 aliphatic rings. The van der Waals surface area contributed by atoms with Crippen LogP contribution < -0.4 is 10.2 Å². The van der Waals surface area contributed by atoms with E-state index in [4.69, 9.17) is 11.6 Å². The molecule has 1 aromatic carbocycles. The predicted octanol–water partition coefficient (Wildman–Crippen LogP) is 2.40. The molecule has 1 aliphatic heterocycles. The lowest BCUT2D eigenvalue weighted by Gasteiger charge is -2.33. The van der Waals surface area contributed by atoms with E-state index in [2.05, 4.69) is 10.3 Å². The lowest BCUT2D eigenvalue weighted by Crippen LogP contribution is -2.46. The van der Waals surface area contributed by atoms with Gasteiger partial charge in [-0.15, -0.1) is 0 Å². The fourth-order valence-corrected chi connectivity index (χ4v) is 2.75. The molecule has 2 amide bonds.